The van der Waals surface area contributed by atoms with E-state index in [4.69, 9.17) is 0 Å². The number of aliphatic carboxylic acids is 1. The average molecular weight is 441 g/mol. The van der Waals surface area contributed by atoms with Gasteiger partial charge >= 0.3 is 5.97 Å². The van der Waals surface area contributed by atoms with E-state index in [1.807, 2.05) is 18.3 Å². The molecule has 1 N–H and O–H groups in total. The molecule has 2 aromatic carbocycles. The van der Waals surface area contributed by atoms with Crippen LogP contribution in [0.2, 0.25) is 0 Å². The van der Waals surface area contributed by atoms with Gasteiger partial charge in [-0.2, -0.15) is 0 Å². The Morgan fingerprint density at radius 1 is 1.06 bits per heavy atom. The van der Waals surface area contributed by atoms with Crippen LogP contribution in [-0.2, 0) is 29.6 Å². The van der Waals surface area contributed by atoms with Gasteiger partial charge in [-0.3, -0.25) is 4.79 Å². The number of carboxylic acid groups (broad SMARTS) is 1. The third-order valence-corrected chi connectivity index (χ3v) is 7.82. The van der Waals surface area contributed by atoms with E-state index in [0.29, 0.717) is 0 Å². The monoisotopic (exact) mass is 440 g/mol. The van der Waals surface area contributed by atoms with E-state index in [0.717, 1.165) is 54.4 Å². The Hall–Kier alpha value is -3.41. The van der Waals surface area contributed by atoms with Gasteiger partial charge in [0.05, 0.1) is 24.4 Å². The molecule has 4 aromatic rings. The summed E-state index contributed by atoms with van der Waals surface area (Å²) in [5.74, 6) is -0.777. The van der Waals surface area contributed by atoms with E-state index in [-0.39, 0.29) is 17.9 Å². The van der Waals surface area contributed by atoms with Crippen LogP contribution in [0.15, 0.2) is 60.8 Å². The van der Waals surface area contributed by atoms with Crippen molar-refractivity contribution in [1.82, 2.24) is 19.6 Å². The van der Waals surface area contributed by atoms with Crippen molar-refractivity contribution >= 4 is 16.9 Å². The first-order valence-corrected chi connectivity index (χ1v) is 11.9. The molecule has 1 atom stereocenters. The van der Waals surface area contributed by atoms with Crippen molar-refractivity contribution in [3.63, 3.8) is 0 Å². The summed E-state index contributed by atoms with van der Waals surface area (Å²) in [6, 6.07) is 19.2. The smallest absolute Gasteiger partial charge is 0.307 e. The third-order valence-electron chi connectivity index (χ3n) is 7.82. The number of carbonyl (C=O) groups is 1. The number of rotatable bonds is 5. The lowest BCUT2D eigenvalue weighted by molar-refractivity contribution is -0.136. The van der Waals surface area contributed by atoms with Crippen LogP contribution >= 0.6 is 0 Å². The molecule has 33 heavy (non-hydrogen) atoms. The van der Waals surface area contributed by atoms with Crippen LogP contribution in [0.5, 0.6) is 0 Å². The van der Waals surface area contributed by atoms with Crippen molar-refractivity contribution in [1.29, 1.82) is 0 Å². The van der Waals surface area contributed by atoms with Crippen molar-refractivity contribution in [2.24, 2.45) is 0 Å². The number of benzene rings is 2. The SMILES string of the molecule is O=C(O)Cc1c2n(c3ccccc13)CC(n1nncc1C1(c3ccccc3)CCCC1)CC2. The van der Waals surface area contributed by atoms with Gasteiger partial charge in [0.1, 0.15) is 0 Å². The fourth-order valence-corrected chi connectivity index (χ4v) is 6.36. The van der Waals surface area contributed by atoms with E-state index in [2.05, 4.69) is 62.0 Å². The van der Waals surface area contributed by atoms with Gasteiger partial charge in [-0.05, 0) is 42.9 Å². The molecular formula is C27H28N4O2. The molecule has 1 fully saturated rings. The fraction of sp³-hybridized carbons (Fsp3) is 0.370. The summed E-state index contributed by atoms with van der Waals surface area (Å²) in [6.45, 7) is 0.788. The molecule has 168 valence electrons. The van der Waals surface area contributed by atoms with E-state index in [9.17, 15) is 9.90 Å². The first kappa shape index (κ1) is 20.2. The maximum atomic E-state index is 11.6. The van der Waals surface area contributed by atoms with Crippen LogP contribution in [0.25, 0.3) is 10.9 Å². The summed E-state index contributed by atoms with van der Waals surface area (Å²) in [4.78, 5) is 11.6. The van der Waals surface area contributed by atoms with Gasteiger partial charge < -0.3 is 9.67 Å². The topological polar surface area (TPSA) is 72.9 Å². The summed E-state index contributed by atoms with van der Waals surface area (Å²) >= 11 is 0. The normalized spacial score (nSPS) is 19.6. The molecule has 1 saturated carbocycles. The van der Waals surface area contributed by atoms with Crippen LogP contribution in [0.1, 0.15) is 60.7 Å². The lowest BCUT2D eigenvalue weighted by Crippen LogP contribution is -2.32. The van der Waals surface area contributed by atoms with E-state index in [1.165, 1.54) is 24.1 Å². The summed E-state index contributed by atoms with van der Waals surface area (Å²) in [5.41, 5.74) is 5.80. The molecule has 2 aromatic heterocycles. The Kier molecular flexibility index (Phi) is 4.82. The molecule has 0 spiro atoms. The Morgan fingerprint density at radius 3 is 2.61 bits per heavy atom. The van der Waals surface area contributed by atoms with Gasteiger partial charge in [0.2, 0.25) is 0 Å². The highest BCUT2D eigenvalue weighted by Crippen LogP contribution is 2.47. The number of para-hydroxylation sites is 1. The molecule has 1 aliphatic heterocycles. The van der Waals surface area contributed by atoms with Gasteiger partial charge in [-0.25, -0.2) is 4.68 Å². The Balaban J connectivity index is 1.42. The number of carboxylic acids is 1. The number of nitrogens with zero attached hydrogens (tertiary/aromatic N) is 4. The first-order valence-electron chi connectivity index (χ1n) is 11.9. The van der Waals surface area contributed by atoms with Crippen LogP contribution in [0.4, 0.5) is 0 Å². The maximum Gasteiger partial charge on any atom is 0.307 e. The van der Waals surface area contributed by atoms with Crippen molar-refractivity contribution in [3.05, 3.63) is 83.3 Å². The van der Waals surface area contributed by atoms with Gasteiger partial charge in [-0.1, -0.05) is 66.6 Å². The van der Waals surface area contributed by atoms with Crippen molar-refractivity contribution in [2.75, 3.05) is 0 Å². The lowest BCUT2D eigenvalue weighted by Gasteiger charge is -2.34. The summed E-state index contributed by atoms with van der Waals surface area (Å²) < 4.78 is 4.52. The zero-order valence-corrected chi connectivity index (χ0v) is 18.7. The molecule has 0 bridgehead atoms. The Morgan fingerprint density at radius 2 is 1.82 bits per heavy atom. The first-order chi connectivity index (χ1) is 16.2. The van der Waals surface area contributed by atoms with Crippen LogP contribution in [0, 0.1) is 0 Å². The highest BCUT2D eigenvalue weighted by atomic mass is 16.4. The molecule has 6 nitrogen and oxygen atoms in total. The van der Waals surface area contributed by atoms with E-state index in [1.54, 1.807) is 0 Å². The number of aromatic nitrogens is 4. The van der Waals surface area contributed by atoms with Gasteiger partial charge in [0, 0.05) is 28.6 Å². The van der Waals surface area contributed by atoms with E-state index >= 15 is 0 Å². The third kappa shape index (κ3) is 3.19. The second-order valence-electron chi connectivity index (χ2n) is 9.54. The minimum absolute atomic E-state index is 0.0295. The molecule has 2 aliphatic rings. The molecule has 1 unspecified atom stereocenters. The summed E-state index contributed by atoms with van der Waals surface area (Å²) in [7, 11) is 0. The number of hydrogen-bond acceptors (Lipinski definition) is 3. The molecule has 0 saturated heterocycles. The second kappa shape index (κ2) is 7.87. The molecule has 1 aliphatic carbocycles. The minimum atomic E-state index is -0.777. The Bertz CT molecular complexity index is 1310. The largest absolute Gasteiger partial charge is 0.481 e. The zero-order valence-electron chi connectivity index (χ0n) is 18.7. The van der Waals surface area contributed by atoms with Gasteiger partial charge in [-0.15, -0.1) is 5.10 Å². The maximum absolute atomic E-state index is 11.6. The molecule has 3 heterocycles. The summed E-state index contributed by atoms with van der Waals surface area (Å²) in [5, 5.41) is 19.6. The minimum Gasteiger partial charge on any atom is -0.481 e. The Labute approximate surface area is 192 Å². The fourth-order valence-electron chi connectivity index (χ4n) is 6.36. The van der Waals surface area contributed by atoms with Crippen molar-refractivity contribution in [2.45, 2.75) is 62.9 Å². The molecule has 6 rings (SSSR count). The molecular weight excluding hydrogens is 412 g/mol. The summed E-state index contributed by atoms with van der Waals surface area (Å²) in [6.07, 6.45) is 8.51. The van der Waals surface area contributed by atoms with E-state index < -0.39 is 5.97 Å². The molecule has 0 radical (unpaired) electrons. The predicted molar refractivity (Wildman–Crippen MR) is 126 cm³/mol. The van der Waals surface area contributed by atoms with Crippen LogP contribution < -0.4 is 0 Å². The molecule has 0 amide bonds. The van der Waals surface area contributed by atoms with Crippen LogP contribution in [0.3, 0.4) is 0 Å². The lowest BCUT2D eigenvalue weighted by atomic mass is 9.76. The molecule has 6 heteroatoms. The van der Waals surface area contributed by atoms with Crippen molar-refractivity contribution in [3.8, 4) is 0 Å². The quantitative estimate of drug-likeness (QED) is 0.479. The van der Waals surface area contributed by atoms with Gasteiger partial charge in [0.15, 0.2) is 0 Å². The standard InChI is InChI=1S/C27H28N4O2/c32-26(33)16-22-21-10-4-5-11-23(21)30-18-20(12-13-24(22)30)31-25(17-28-29-31)27(14-6-7-15-27)19-8-2-1-3-9-19/h1-5,8-11,17,20H,6-7,12-16,18H2,(H,32,33). The predicted octanol–water partition coefficient (Wildman–Crippen LogP) is 4.91. The van der Waals surface area contributed by atoms with Crippen LogP contribution in [-0.4, -0.2) is 30.6 Å². The number of fused-ring (bicyclic) bond motifs is 3. The average Bonchev–Trinajstić information content (AvgIpc) is 3.58. The highest BCUT2D eigenvalue weighted by molar-refractivity contribution is 5.89. The highest BCUT2D eigenvalue weighted by Gasteiger charge is 2.41. The van der Waals surface area contributed by atoms with Crippen molar-refractivity contribution < 1.29 is 9.90 Å². The number of hydrogen-bond donors (Lipinski definition) is 1. The van der Waals surface area contributed by atoms with Gasteiger partial charge in [0.25, 0.3) is 0 Å². The second-order valence-corrected chi connectivity index (χ2v) is 9.54. The zero-order chi connectivity index (χ0) is 22.4.